The van der Waals surface area contributed by atoms with E-state index in [4.69, 9.17) is 0 Å². The second-order valence-corrected chi connectivity index (χ2v) is 4.06. The molecule has 23 heavy (non-hydrogen) atoms. The molecular formula is C10HF13. The third-order valence-corrected chi connectivity index (χ3v) is 2.52. The summed E-state index contributed by atoms with van der Waals surface area (Å²) in [4.78, 5) is 0. The molecule has 0 heterocycles. The minimum Gasteiger partial charge on any atom is -0.203 e. The third-order valence-electron chi connectivity index (χ3n) is 2.52. The van der Waals surface area contributed by atoms with Crippen LogP contribution in [0.5, 0.6) is 0 Å². The molecule has 132 valence electrons. The van der Waals surface area contributed by atoms with Crippen LogP contribution in [0.2, 0.25) is 0 Å². The second kappa shape index (κ2) is 5.44. The molecule has 1 aromatic rings. The Hall–Kier alpha value is -1.69. The van der Waals surface area contributed by atoms with Gasteiger partial charge in [0.15, 0.2) is 29.2 Å². The summed E-state index contributed by atoms with van der Waals surface area (Å²) >= 11 is 0. The zero-order valence-corrected chi connectivity index (χ0v) is 9.99. The molecule has 0 N–H and O–H groups in total. The second-order valence-electron chi connectivity index (χ2n) is 4.06. The summed E-state index contributed by atoms with van der Waals surface area (Å²) in [5.74, 6) is -18.7. The molecule has 1 aromatic carbocycles. The molecule has 0 bridgehead atoms. The first-order valence-corrected chi connectivity index (χ1v) is 5.07. The molecule has 0 radical (unpaired) electrons. The Labute approximate surface area is 117 Å². The zero-order chi connectivity index (χ0) is 18.5. The molecule has 0 aliphatic heterocycles. The van der Waals surface area contributed by atoms with Crippen molar-refractivity contribution in [3.8, 4) is 0 Å². The highest BCUT2D eigenvalue weighted by Crippen LogP contribution is 2.49. The predicted molar refractivity (Wildman–Crippen MR) is 46.1 cm³/mol. The largest absolute Gasteiger partial charge is 0.422 e. The highest BCUT2D eigenvalue weighted by molar-refractivity contribution is 5.35. The van der Waals surface area contributed by atoms with Crippen molar-refractivity contribution in [2.45, 2.75) is 24.4 Å². The fourth-order valence-electron chi connectivity index (χ4n) is 1.66. The van der Waals surface area contributed by atoms with E-state index >= 15 is 0 Å². The van der Waals surface area contributed by atoms with Gasteiger partial charge >= 0.3 is 18.5 Å². The standard InChI is InChI=1S/C10HF13/c11-3-1(7(9(18,19)20)10(21,22)23)4(12)6(14)2(5(3)13)8(15,16)17/h7H. The molecule has 0 saturated heterocycles. The van der Waals surface area contributed by atoms with Crippen LogP contribution in [0.15, 0.2) is 0 Å². The highest BCUT2D eigenvalue weighted by atomic mass is 19.4. The van der Waals surface area contributed by atoms with Gasteiger partial charge in [0.05, 0.1) is 5.56 Å². The summed E-state index contributed by atoms with van der Waals surface area (Å²) < 4.78 is 163. The van der Waals surface area contributed by atoms with Gasteiger partial charge < -0.3 is 0 Å². The summed E-state index contributed by atoms with van der Waals surface area (Å²) in [6.07, 6.45) is -19.0. The predicted octanol–water partition coefficient (Wildman–Crippen LogP) is 5.47. The van der Waals surface area contributed by atoms with Crippen LogP contribution in [0.3, 0.4) is 0 Å². The van der Waals surface area contributed by atoms with Crippen LogP contribution in [0.25, 0.3) is 0 Å². The lowest BCUT2D eigenvalue weighted by Crippen LogP contribution is -2.36. The van der Waals surface area contributed by atoms with Crippen LogP contribution in [0.1, 0.15) is 17.0 Å². The Balaban J connectivity index is 3.88. The molecule has 0 saturated carbocycles. The molecule has 0 aliphatic carbocycles. The lowest BCUT2D eigenvalue weighted by atomic mass is 9.94. The summed E-state index contributed by atoms with van der Waals surface area (Å²) in [5, 5.41) is 0. The lowest BCUT2D eigenvalue weighted by molar-refractivity contribution is -0.255. The average molecular weight is 368 g/mol. The van der Waals surface area contributed by atoms with E-state index in [1.165, 1.54) is 0 Å². The van der Waals surface area contributed by atoms with Crippen LogP contribution in [0.4, 0.5) is 57.1 Å². The van der Waals surface area contributed by atoms with Crippen LogP contribution < -0.4 is 0 Å². The van der Waals surface area contributed by atoms with Crippen molar-refractivity contribution in [3.63, 3.8) is 0 Å². The van der Waals surface area contributed by atoms with Crippen molar-refractivity contribution in [1.29, 1.82) is 0 Å². The molecule has 0 nitrogen and oxygen atoms in total. The Morgan fingerprint density at radius 2 is 0.826 bits per heavy atom. The molecule has 13 heteroatoms. The first-order valence-electron chi connectivity index (χ1n) is 5.07. The quantitative estimate of drug-likeness (QED) is 0.456. The van der Waals surface area contributed by atoms with E-state index in [0.717, 1.165) is 0 Å². The normalized spacial score (nSPS) is 13.8. The van der Waals surface area contributed by atoms with E-state index in [2.05, 4.69) is 0 Å². The Morgan fingerprint density at radius 3 is 1.04 bits per heavy atom. The fourth-order valence-corrected chi connectivity index (χ4v) is 1.66. The van der Waals surface area contributed by atoms with Gasteiger partial charge in [-0.1, -0.05) is 0 Å². The van der Waals surface area contributed by atoms with Gasteiger partial charge in [0.25, 0.3) is 0 Å². The van der Waals surface area contributed by atoms with E-state index in [9.17, 15) is 57.1 Å². The van der Waals surface area contributed by atoms with Gasteiger partial charge in [0, 0.05) is 0 Å². The first kappa shape index (κ1) is 19.4. The lowest BCUT2D eigenvalue weighted by Gasteiger charge is -2.25. The van der Waals surface area contributed by atoms with Crippen molar-refractivity contribution < 1.29 is 57.1 Å². The maximum absolute atomic E-state index is 13.3. The number of hydrogen-bond acceptors (Lipinski definition) is 0. The van der Waals surface area contributed by atoms with E-state index in [1.807, 2.05) is 0 Å². The minimum absolute atomic E-state index is 3.24. The fraction of sp³-hybridized carbons (Fsp3) is 0.400. The van der Waals surface area contributed by atoms with E-state index in [1.54, 1.807) is 0 Å². The molecule has 0 amide bonds. The van der Waals surface area contributed by atoms with E-state index < -0.39 is 58.8 Å². The van der Waals surface area contributed by atoms with Crippen molar-refractivity contribution in [1.82, 2.24) is 0 Å². The van der Waals surface area contributed by atoms with Gasteiger partial charge in [0.2, 0.25) is 0 Å². The van der Waals surface area contributed by atoms with Gasteiger partial charge in [-0.15, -0.1) is 0 Å². The molecular weight excluding hydrogens is 367 g/mol. The minimum atomic E-state index is -6.47. The van der Waals surface area contributed by atoms with Crippen molar-refractivity contribution in [3.05, 3.63) is 34.4 Å². The van der Waals surface area contributed by atoms with Gasteiger partial charge in [-0.3, -0.25) is 0 Å². The van der Waals surface area contributed by atoms with Crippen molar-refractivity contribution in [2.24, 2.45) is 0 Å². The highest BCUT2D eigenvalue weighted by Gasteiger charge is 2.60. The van der Waals surface area contributed by atoms with Crippen molar-refractivity contribution in [2.75, 3.05) is 0 Å². The van der Waals surface area contributed by atoms with Crippen LogP contribution in [0, 0.1) is 23.3 Å². The molecule has 0 aliphatic rings. The van der Waals surface area contributed by atoms with Gasteiger partial charge in [-0.2, -0.15) is 39.5 Å². The maximum Gasteiger partial charge on any atom is 0.422 e. The first-order chi connectivity index (χ1) is 10.0. The number of benzene rings is 1. The Morgan fingerprint density at radius 1 is 0.522 bits per heavy atom. The maximum atomic E-state index is 13.3. The molecule has 0 fully saturated rings. The van der Waals surface area contributed by atoms with Gasteiger partial charge in [-0.25, -0.2) is 17.6 Å². The molecule has 0 spiro atoms. The van der Waals surface area contributed by atoms with Gasteiger partial charge in [-0.05, 0) is 0 Å². The Bertz CT molecular complexity index is 560. The average Bonchev–Trinajstić information content (AvgIpc) is 2.27. The number of rotatable bonds is 1. The number of hydrogen-bond donors (Lipinski definition) is 0. The number of alkyl halides is 9. The molecule has 0 unspecified atom stereocenters. The van der Waals surface area contributed by atoms with Crippen molar-refractivity contribution >= 4 is 0 Å². The van der Waals surface area contributed by atoms with Gasteiger partial charge in [0.1, 0.15) is 5.56 Å². The SMILES string of the molecule is Fc1c(F)c(C(F)(F)F)c(F)c(F)c1C(C(F)(F)F)C(F)(F)F. The Kier molecular flexibility index (Phi) is 4.58. The summed E-state index contributed by atoms with van der Waals surface area (Å²) in [6.45, 7) is 0. The summed E-state index contributed by atoms with van der Waals surface area (Å²) in [5.41, 5.74) is -6.52. The van der Waals surface area contributed by atoms with E-state index in [-0.39, 0.29) is 0 Å². The van der Waals surface area contributed by atoms with Crippen LogP contribution >= 0.6 is 0 Å². The monoisotopic (exact) mass is 368 g/mol. The number of halogens is 13. The summed E-state index contributed by atoms with van der Waals surface area (Å²) in [6, 6.07) is 0. The topological polar surface area (TPSA) is 0 Å². The smallest absolute Gasteiger partial charge is 0.203 e. The van der Waals surface area contributed by atoms with Crippen LogP contribution in [-0.2, 0) is 6.18 Å². The van der Waals surface area contributed by atoms with E-state index in [0.29, 0.717) is 0 Å². The zero-order valence-electron chi connectivity index (χ0n) is 9.99. The molecule has 1 rings (SSSR count). The summed E-state index contributed by atoms with van der Waals surface area (Å²) in [7, 11) is 0. The molecule has 0 atom stereocenters. The molecule has 0 aromatic heterocycles. The van der Waals surface area contributed by atoms with Crippen LogP contribution in [-0.4, -0.2) is 12.4 Å². The third kappa shape index (κ3) is 3.47.